The maximum absolute atomic E-state index is 13.7. The number of hydrogen-bond acceptors (Lipinski definition) is 6. The van der Waals surface area contributed by atoms with Crippen molar-refractivity contribution < 1.29 is 22.7 Å². The van der Waals surface area contributed by atoms with E-state index in [9.17, 15) is 13.2 Å². The van der Waals surface area contributed by atoms with Gasteiger partial charge in [0.2, 0.25) is 0 Å². The third kappa shape index (κ3) is 5.08. The highest BCUT2D eigenvalue weighted by Crippen LogP contribution is 2.36. The average molecular weight is 487 g/mol. The fourth-order valence-electron chi connectivity index (χ4n) is 4.56. The predicted molar refractivity (Wildman–Crippen MR) is 133 cm³/mol. The number of sulfonamides is 1. The molecule has 0 amide bonds. The van der Waals surface area contributed by atoms with Crippen molar-refractivity contribution in [2.75, 3.05) is 43.1 Å². The molecule has 0 bridgehead atoms. The van der Waals surface area contributed by atoms with E-state index in [-0.39, 0.29) is 35.0 Å². The van der Waals surface area contributed by atoms with Gasteiger partial charge >= 0.3 is 0 Å². The minimum Gasteiger partial charge on any atom is -0.489 e. The number of fused-ring (bicyclic) bond motifs is 1. The zero-order chi connectivity index (χ0) is 24.5. The quantitative estimate of drug-likeness (QED) is 0.579. The Kier molecular flexibility index (Phi) is 7.19. The van der Waals surface area contributed by atoms with Crippen molar-refractivity contribution in [3.63, 3.8) is 0 Å². The first kappa shape index (κ1) is 24.5. The van der Waals surface area contributed by atoms with Crippen LogP contribution in [0.3, 0.4) is 0 Å². The van der Waals surface area contributed by atoms with Gasteiger partial charge in [-0.3, -0.25) is 9.10 Å². The van der Waals surface area contributed by atoms with Gasteiger partial charge in [-0.15, -0.1) is 0 Å². The van der Waals surface area contributed by atoms with Gasteiger partial charge in [-0.25, -0.2) is 8.42 Å². The van der Waals surface area contributed by atoms with Crippen LogP contribution in [-0.4, -0.2) is 54.2 Å². The van der Waals surface area contributed by atoms with Crippen molar-refractivity contribution in [3.8, 4) is 5.75 Å². The molecule has 0 N–H and O–H groups in total. The summed E-state index contributed by atoms with van der Waals surface area (Å²) in [6.07, 6.45) is 1.83. The SMILES string of the molecule is CC(C)CN(c1ccc(N(C)C)cc1)S(=O)(=O)c1ccc2c(c1)C(=O)CC(C1CCOCC1)O2. The summed E-state index contributed by atoms with van der Waals surface area (Å²) in [6.45, 7) is 5.67. The van der Waals surface area contributed by atoms with Gasteiger partial charge in [0.15, 0.2) is 5.78 Å². The normalized spacial score (nSPS) is 19.0. The lowest BCUT2D eigenvalue weighted by Crippen LogP contribution is -2.37. The van der Waals surface area contributed by atoms with Crippen LogP contribution in [0.15, 0.2) is 47.4 Å². The maximum atomic E-state index is 13.7. The van der Waals surface area contributed by atoms with Crippen molar-refractivity contribution in [3.05, 3.63) is 48.0 Å². The number of ether oxygens (including phenoxy) is 2. The summed E-state index contributed by atoms with van der Waals surface area (Å²) in [5.41, 5.74) is 1.93. The number of hydrogen-bond donors (Lipinski definition) is 0. The monoisotopic (exact) mass is 486 g/mol. The molecule has 2 heterocycles. The van der Waals surface area contributed by atoms with Crippen molar-refractivity contribution in [2.24, 2.45) is 11.8 Å². The number of rotatable bonds is 7. The lowest BCUT2D eigenvalue weighted by molar-refractivity contribution is 0.0119. The van der Waals surface area contributed by atoms with E-state index in [4.69, 9.17) is 9.47 Å². The molecule has 2 aliphatic heterocycles. The van der Waals surface area contributed by atoms with Crippen molar-refractivity contribution >= 4 is 27.2 Å². The number of benzene rings is 2. The molecule has 7 nitrogen and oxygen atoms in total. The Bertz CT molecular complexity index is 1120. The maximum Gasteiger partial charge on any atom is 0.264 e. The molecule has 0 aliphatic carbocycles. The molecule has 8 heteroatoms. The van der Waals surface area contributed by atoms with Crippen LogP contribution in [0.2, 0.25) is 0 Å². The summed E-state index contributed by atoms with van der Waals surface area (Å²) in [5.74, 6) is 0.796. The smallest absolute Gasteiger partial charge is 0.264 e. The third-order valence-electron chi connectivity index (χ3n) is 6.48. The van der Waals surface area contributed by atoms with E-state index in [0.29, 0.717) is 36.8 Å². The van der Waals surface area contributed by atoms with Crippen LogP contribution in [0.4, 0.5) is 11.4 Å². The van der Waals surface area contributed by atoms with E-state index >= 15 is 0 Å². The fourth-order valence-corrected chi connectivity index (χ4v) is 6.21. The molecule has 1 saturated heterocycles. The minimum absolute atomic E-state index is 0.0689. The molecule has 0 spiro atoms. The Labute approximate surface area is 202 Å². The Hall–Kier alpha value is -2.58. The number of carbonyl (C=O) groups excluding carboxylic acids is 1. The van der Waals surface area contributed by atoms with E-state index in [2.05, 4.69) is 0 Å². The summed E-state index contributed by atoms with van der Waals surface area (Å²) < 4.78 is 40.5. The lowest BCUT2D eigenvalue weighted by atomic mass is 9.87. The Morgan fingerprint density at radius 1 is 1.00 bits per heavy atom. The molecular formula is C26H34N2O5S. The Morgan fingerprint density at radius 2 is 1.65 bits per heavy atom. The molecule has 0 saturated carbocycles. The van der Waals surface area contributed by atoms with Gasteiger partial charge in [0.1, 0.15) is 11.9 Å². The van der Waals surface area contributed by atoms with Crippen LogP contribution in [0.25, 0.3) is 0 Å². The third-order valence-corrected chi connectivity index (χ3v) is 8.27. The second kappa shape index (κ2) is 9.96. The molecule has 2 aromatic rings. The summed E-state index contributed by atoms with van der Waals surface area (Å²) in [7, 11) is 0.00404. The van der Waals surface area contributed by atoms with E-state index in [1.54, 1.807) is 12.1 Å². The van der Waals surface area contributed by atoms with E-state index in [1.807, 2.05) is 57.1 Å². The van der Waals surface area contributed by atoms with E-state index in [0.717, 1.165) is 18.5 Å². The molecule has 0 aromatic heterocycles. The van der Waals surface area contributed by atoms with Crippen LogP contribution in [0.1, 0.15) is 43.5 Å². The standard InChI is InChI=1S/C26H34N2O5S/c1-18(2)17-28(21-7-5-20(6-8-21)27(3)4)34(30,31)22-9-10-25-23(15-22)24(29)16-26(33-25)19-11-13-32-14-12-19/h5-10,15,18-19,26H,11-14,16-17H2,1-4H3. The zero-order valence-corrected chi connectivity index (χ0v) is 21.2. The van der Waals surface area contributed by atoms with Crippen molar-refractivity contribution in [2.45, 2.75) is 44.1 Å². The number of nitrogens with zero attached hydrogens (tertiary/aromatic N) is 2. The van der Waals surface area contributed by atoms with Crippen LogP contribution in [0, 0.1) is 11.8 Å². The average Bonchev–Trinajstić information content (AvgIpc) is 2.82. The number of carbonyl (C=O) groups is 1. The molecule has 1 atom stereocenters. The van der Waals surface area contributed by atoms with Gasteiger partial charge in [0.05, 0.1) is 16.1 Å². The molecule has 2 aliphatic rings. The molecule has 34 heavy (non-hydrogen) atoms. The van der Waals surface area contributed by atoms with Gasteiger partial charge in [0, 0.05) is 51.9 Å². The molecule has 184 valence electrons. The fraction of sp³-hybridized carbons (Fsp3) is 0.500. The highest BCUT2D eigenvalue weighted by Gasteiger charge is 2.35. The van der Waals surface area contributed by atoms with Crippen LogP contribution >= 0.6 is 0 Å². The van der Waals surface area contributed by atoms with E-state index in [1.165, 1.54) is 10.4 Å². The highest BCUT2D eigenvalue weighted by atomic mass is 32.2. The largest absolute Gasteiger partial charge is 0.489 e. The predicted octanol–water partition coefficient (Wildman–Crippen LogP) is 4.36. The first-order valence-corrected chi connectivity index (χ1v) is 13.3. The van der Waals surface area contributed by atoms with Crippen LogP contribution < -0.4 is 13.9 Å². The highest BCUT2D eigenvalue weighted by molar-refractivity contribution is 7.92. The molecule has 0 radical (unpaired) electrons. The Morgan fingerprint density at radius 3 is 2.26 bits per heavy atom. The van der Waals surface area contributed by atoms with E-state index < -0.39 is 10.0 Å². The minimum atomic E-state index is -3.88. The summed E-state index contributed by atoms with van der Waals surface area (Å²) in [5, 5.41) is 0. The Balaban J connectivity index is 1.64. The summed E-state index contributed by atoms with van der Waals surface area (Å²) >= 11 is 0. The van der Waals surface area contributed by atoms with Gasteiger partial charge in [0.25, 0.3) is 10.0 Å². The lowest BCUT2D eigenvalue weighted by Gasteiger charge is -2.34. The molecule has 1 fully saturated rings. The topological polar surface area (TPSA) is 76.2 Å². The molecule has 1 unspecified atom stereocenters. The summed E-state index contributed by atoms with van der Waals surface area (Å²) in [6, 6.07) is 12.1. The van der Waals surface area contributed by atoms with Crippen LogP contribution in [0.5, 0.6) is 5.75 Å². The zero-order valence-electron chi connectivity index (χ0n) is 20.4. The molecule has 2 aromatic carbocycles. The number of anilines is 2. The second-order valence-corrected chi connectivity index (χ2v) is 11.6. The molecule has 4 rings (SSSR count). The van der Waals surface area contributed by atoms with Crippen molar-refractivity contribution in [1.29, 1.82) is 0 Å². The van der Waals surface area contributed by atoms with Crippen LogP contribution in [-0.2, 0) is 14.8 Å². The first-order chi connectivity index (χ1) is 16.2. The summed E-state index contributed by atoms with van der Waals surface area (Å²) in [4.78, 5) is 15.1. The van der Waals surface area contributed by atoms with Gasteiger partial charge in [-0.2, -0.15) is 0 Å². The van der Waals surface area contributed by atoms with Gasteiger partial charge in [-0.05, 0) is 61.2 Å². The van der Waals surface area contributed by atoms with Gasteiger partial charge in [-0.1, -0.05) is 13.8 Å². The van der Waals surface area contributed by atoms with Gasteiger partial charge < -0.3 is 14.4 Å². The number of Topliss-reactive ketones (excluding diaryl/α,β-unsaturated/α-hetero) is 1. The second-order valence-electron chi connectivity index (χ2n) is 9.73. The molecular weight excluding hydrogens is 452 g/mol. The number of ketones is 1. The van der Waals surface area contributed by atoms with Crippen molar-refractivity contribution in [1.82, 2.24) is 0 Å². The first-order valence-electron chi connectivity index (χ1n) is 11.9.